The molecule has 2 N–H and O–H groups in total. The maximum Gasteiger partial charge on any atom is 0.408 e. The third kappa shape index (κ3) is 5.83. The molecule has 0 fully saturated rings. The topological polar surface area (TPSA) is 106 Å². The number of halogens is 1. The normalized spacial score (nSPS) is 12.3. The number of rotatable bonds is 5. The Morgan fingerprint density at radius 2 is 2.08 bits per heavy atom. The first kappa shape index (κ1) is 19.4. The highest BCUT2D eigenvalue weighted by atomic mass is 19.1. The smallest absolute Gasteiger partial charge is 0.408 e. The summed E-state index contributed by atoms with van der Waals surface area (Å²) < 4.78 is 23.7. The Balaban J connectivity index is 2.19. The van der Waals surface area contributed by atoms with Crippen LogP contribution >= 0.6 is 0 Å². The predicted molar refractivity (Wildman–Crippen MR) is 90.5 cm³/mol. The molecule has 0 aliphatic heterocycles. The second-order valence-corrected chi connectivity index (χ2v) is 6.60. The van der Waals surface area contributed by atoms with Gasteiger partial charge in [0, 0.05) is 19.0 Å². The van der Waals surface area contributed by atoms with E-state index >= 15 is 0 Å². The van der Waals surface area contributed by atoms with Gasteiger partial charge >= 0.3 is 6.09 Å². The van der Waals surface area contributed by atoms with E-state index in [9.17, 15) is 14.0 Å². The first-order valence-corrected chi connectivity index (χ1v) is 7.97. The van der Waals surface area contributed by atoms with Crippen LogP contribution in [0.4, 0.5) is 9.18 Å². The number of nitrogens with zero attached hydrogens (tertiary/aromatic N) is 2. The SMILES string of the molecule is CC(=O)NC[C@H](NC(=O)OC(C)(C)C)c1nc(-c2cccc(F)c2)no1. The highest BCUT2D eigenvalue weighted by molar-refractivity contribution is 5.73. The van der Waals surface area contributed by atoms with Gasteiger partial charge in [-0.25, -0.2) is 9.18 Å². The molecule has 26 heavy (non-hydrogen) atoms. The lowest BCUT2D eigenvalue weighted by molar-refractivity contribution is -0.119. The van der Waals surface area contributed by atoms with E-state index in [4.69, 9.17) is 9.26 Å². The van der Waals surface area contributed by atoms with E-state index in [1.807, 2.05) is 0 Å². The molecule has 0 bridgehead atoms. The zero-order chi connectivity index (χ0) is 19.3. The summed E-state index contributed by atoms with van der Waals surface area (Å²) in [7, 11) is 0. The molecule has 2 amide bonds. The molecule has 1 aromatic heterocycles. The molecular weight excluding hydrogens is 343 g/mol. The fourth-order valence-corrected chi connectivity index (χ4v) is 2.02. The summed E-state index contributed by atoms with van der Waals surface area (Å²) in [4.78, 5) is 27.4. The fourth-order valence-electron chi connectivity index (χ4n) is 2.02. The van der Waals surface area contributed by atoms with Crippen LogP contribution in [0.1, 0.15) is 39.6 Å². The molecule has 0 saturated heterocycles. The predicted octanol–water partition coefficient (Wildman–Crippen LogP) is 2.58. The van der Waals surface area contributed by atoms with Gasteiger partial charge < -0.3 is 19.9 Å². The van der Waals surface area contributed by atoms with Crippen LogP contribution in [0.15, 0.2) is 28.8 Å². The molecule has 0 aliphatic carbocycles. The summed E-state index contributed by atoms with van der Waals surface area (Å²) in [5.41, 5.74) is -0.264. The maximum atomic E-state index is 13.4. The second-order valence-electron chi connectivity index (χ2n) is 6.60. The molecule has 0 radical (unpaired) electrons. The Morgan fingerprint density at radius 3 is 2.69 bits per heavy atom. The van der Waals surface area contributed by atoms with Crippen LogP contribution in [-0.2, 0) is 9.53 Å². The number of alkyl carbamates (subject to hydrolysis) is 1. The van der Waals surface area contributed by atoms with Gasteiger partial charge in [0.1, 0.15) is 17.5 Å². The molecule has 2 aromatic rings. The third-order valence-electron chi connectivity index (χ3n) is 3.07. The van der Waals surface area contributed by atoms with Crippen molar-refractivity contribution in [3.8, 4) is 11.4 Å². The van der Waals surface area contributed by atoms with Gasteiger partial charge in [-0.2, -0.15) is 4.98 Å². The lowest BCUT2D eigenvalue weighted by Crippen LogP contribution is -2.40. The molecule has 1 heterocycles. The quantitative estimate of drug-likeness (QED) is 0.845. The van der Waals surface area contributed by atoms with E-state index in [1.165, 1.54) is 25.1 Å². The summed E-state index contributed by atoms with van der Waals surface area (Å²) in [5.74, 6) is -0.497. The number of carbonyl (C=O) groups is 2. The number of carbonyl (C=O) groups excluding carboxylic acids is 2. The number of hydrogen-bond donors (Lipinski definition) is 2. The molecule has 0 aliphatic rings. The summed E-state index contributed by atoms with van der Waals surface area (Å²) in [6.07, 6.45) is -0.696. The van der Waals surface area contributed by atoms with Crippen LogP contribution in [0.2, 0.25) is 0 Å². The maximum absolute atomic E-state index is 13.4. The fraction of sp³-hybridized carbons (Fsp3) is 0.412. The highest BCUT2D eigenvalue weighted by Gasteiger charge is 2.25. The Morgan fingerprint density at radius 1 is 1.35 bits per heavy atom. The van der Waals surface area contributed by atoms with E-state index in [1.54, 1.807) is 26.8 Å². The van der Waals surface area contributed by atoms with Gasteiger partial charge in [0.15, 0.2) is 0 Å². The van der Waals surface area contributed by atoms with Gasteiger partial charge in [-0.05, 0) is 32.9 Å². The van der Waals surface area contributed by atoms with E-state index in [-0.39, 0.29) is 24.2 Å². The highest BCUT2D eigenvalue weighted by Crippen LogP contribution is 2.20. The van der Waals surface area contributed by atoms with E-state index < -0.39 is 23.6 Å². The van der Waals surface area contributed by atoms with E-state index in [0.29, 0.717) is 5.56 Å². The lowest BCUT2D eigenvalue weighted by atomic mass is 10.2. The van der Waals surface area contributed by atoms with Gasteiger partial charge in [-0.3, -0.25) is 4.79 Å². The van der Waals surface area contributed by atoms with Crippen molar-refractivity contribution in [1.82, 2.24) is 20.8 Å². The molecule has 1 atom stereocenters. The van der Waals surface area contributed by atoms with Gasteiger partial charge in [-0.15, -0.1) is 0 Å². The van der Waals surface area contributed by atoms with Gasteiger partial charge in [0.2, 0.25) is 11.7 Å². The molecule has 0 spiro atoms. The van der Waals surface area contributed by atoms with Gasteiger partial charge in [-0.1, -0.05) is 17.3 Å². The number of hydrogen-bond acceptors (Lipinski definition) is 6. The number of amides is 2. The number of nitrogens with one attached hydrogen (secondary N) is 2. The minimum atomic E-state index is -0.802. The van der Waals surface area contributed by atoms with Crippen LogP contribution in [-0.4, -0.2) is 34.3 Å². The van der Waals surface area contributed by atoms with Crippen LogP contribution in [0.5, 0.6) is 0 Å². The zero-order valence-electron chi connectivity index (χ0n) is 15.0. The molecule has 0 unspecified atom stereocenters. The Kier molecular flexibility index (Phi) is 5.91. The first-order chi connectivity index (χ1) is 12.1. The summed E-state index contributed by atoms with van der Waals surface area (Å²) in [6.45, 7) is 6.55. The molecule has 140 valence electrons. The van der Waals surface area contributed by atoms with Gasteiger partial charge in [0.05, 0.1) is 0 Å². The zero-order valence-corrected chi connectivity index (χ0v) is 15.0. The van der Waals surface area contributed by atoms with Gasteiger partial charge in [0.25, 0.3) is 5.89 Å². The Bertz CT molecular complexity index is 785. The lowest BCUT2D eigenvalue weighted by Gasteiger charge is -2.22. The van der Waals surface area contributed by atoms with E-state index in [2.05, 4.69) is 20.8 Å². The second kappa shape index (κ2) is 7.94. The van der Waals surface area contributed by atoms with Crippen LogP contribution in [0.25, 0.3) is 11.4 Å². The average Bonchev–Trinajstić information content (AvgIpc) is 2.99. The average molecular weight is 364 g/mol. The van der Waals surface area contributed by atoms with Crippen molar-refractivity contribution in [1.29, 1.82) is 0 Å². The number of ether oxygens (including phenoxy) is 1. The molecule has 9 heteroatoms. The van der Waals surface area contributed by atoms with Crippen molar-refractivity contribution < 1.29 is 23.2 Å². The molecule has 1 aromatic carbocycles. The minimum absolute atomic E-state index is 0.0271. The number of aromatic nitrogens is 2. The minimum Gasteiger partial charge on any atom is -0.444 e. The van der Waals surface area contributed by atoms with Crippen LogP contribution < -0.4 is 10.6 Å². The molecule has 8 nitrogen and oxygen atoms in total. The Hall–Kier alpha value is -2.97. The summed E-state index contributed by atoms with van der Waals surface area (Å²) >= 11 is 0. The third-order valence-corrected chi connectivity index (χ3v) is 3.07. The molecular formula is C17H21FN4O4. The van der Waals surface area contributed by atoms with Crippen molar-refractivity contribution in [2.75, 3.05) is 6.54 Å². The Labute approximate surface area is 150 Å². The van der Waals surface area contributed by atoms with Crippen molar-refractivity contribution in [2.24, 2.45) is 0 Å². The number of benzene rings is 1. The summed E-state index contributed by atoms with van der Waals surface area (Å²) in [5, 5.41) is 8.95. The monoisotopic (exact) mass is 364 g/mol. The van der Waals surface area contributed by atoms with Crippen molar-refractivity contribution in [3.05, 3.63) is 36.0 Å². The first-order valence-electron chi connectivity index (χ1n) is 7.97. The molecule has 0 saturated carbocycles. The largest absolute Gasteiger partial charge is 0.444 e. The van der Waals surface area contributed by atoms with Crippen molar-refractivity contribution in [3.63, 3.8) is 0 Å². The van der Waals surface area contributed by atoms with Crippen LogP contribution in [0.3, 0.4) is 0 Å². The standard InChI is InChI=1S/C17H21FN4O4/c1-10(23)19-9-13(20-16(24)25-17(2,3)4)15-21-14(22-26-15)11-6-5-7-12(18)8-11/h5-8,13H,9H2,1-4H3,(H,19,23)(H,20,24)/t13-/m0/s1. The van der Waals surface area contributed by atoms with Crippen molar-refractivity contribution >= 4 is 12.0 Å². The van der Waals surface area contributed by atoms with E-state index in [0.717, 1.165) is 0 Å². The van der Waals surface area contributed by atoms with Crippen LogP contribution in [0, 0.1) is 5.82 Å². The molecule has 2 rings (SSSR count). The summed E-state index contributed by atoms with van der Waals surface area (Å²) in [6, 6.07) is 4.91. The van der Waals surface area contributed by atoms with Crippen molar-refractivity contribution in [2.45, 2.75) is 39.3 Å².